The van der Waals surface area contributed by atoms with Gasteiger partial charge >= 0.3 is 0 Å². The van der Waals surface area contributed by atoms with Crippen LogP contribution in [0.3, 0.4) is 0 Å². The van der Waals surface area contributed by atoms with Crippen molar-refractivity contribution >= 4 is 0 Å². The second-order valence-electron chi connectivity index (χ2n) is 7.27. The summed E-state index contributed by atoms with van der Waals surface area (Å²) in [5, 5.41) is 0. The van der Waals surface area contributed by atoms with E-state index < -0.39 is 17.5 Å². The molecule has 0 fully saturated rings. The Bertz CT molecular complexity index is 837. The maximum absolute atomic E-state index is 14.5. The van der Waals surface area contributed by atoms with E-state index in [2.05, 4.69) is 52.6 Å². The fourth-order valence-electron chi connectivity index (χ4n) is 1.97. The molecular formula is C28H37F3O. The van der Waals surface area contributed by atoms with Crippen LogP contribution in [-0.2, 0) is 4.74 Å². The quantitative estimate of drug-likeness (QED) is 0.202. The summed E-state index contributed by atoms with van der Waals surface area (Å²) >= 11 is 0. The molecule has 0 heterocycles. The fourth-order valence-corrected chi connectivity index (χ4v) is 1.97. The lowest BCUT2D eigenvalue weighted by Crippen LogP contribution is -2.14. The average molecular weight is 447 g/mol. The van der Waals surface area contributed by atoms with Crippen molar-refractivity contribution in [3.05, 3.63) is 122 Å². The lowest BCUT2D eigenvalue weighted by Gasteiger charge is -2.17. The van der Waals surface area contributed by atoms with Gasteiger partial charge in [-0.2, -0.15) is 0 Å². The molecule has 0 saturated carbocycles. The monoisotopic (exact) mass is 446 g/mol. The van der Waals surface area contributed by atoms with Gasteiger partial charge in [-0.05, 0) is 54.2 Å². The van der Waals surface area contributed by atoms with Crippen LogP contribution in [0.15, 0.2) is 122 Å². The van der Waals surface area contributed by atoms with Crippen molar-refractivity contribution < 1.29 is 17.9 Å². The normalized spacial score (nSPS) is 13.9. The summed E-state index contributed by atoms with van der Waals surface area (Å²) in [6.45, 7) is 35.4. The number of hydrogen-bond acceptors (Lipinski definition) is 1. The number of allylic oxidation sites excluding steroid dienone is 11. The summed E-state index contributed by atoms with van der Waals surface area (Å²) in [6.07, 6.45) is 5.08. The Labute approximate surface area is 192 Å². The van der Waals surface area contributed by atoms with E-state index in [0.717, 1.165) is 6.42 Å². The van der Waals surface area contributed by atoms with Crippen molar-refractivity contribution in [2.24, 2.45) is 5.92 Å². The number of rotatable bonds is 13. The third kappa shape index (κ3) is 11.0. The first kappa shape index (κ1) is 31.3. The number of hydrogen-bond donors (Lipinski definition) is 0. The van der Waals surface area contributed by atoms with E-state index >= 15 is 0 Å². The van der Waals surface area contributed by atoms with Gasteiger partial charge in [0, 0.05) is 11.5 Å². The molecule has 2 unspecified atom stereocenters. The van der Waals surface area contributed by atoms with E-state index in [1.807, 2.05) is 20.8 Å². The highest BCUT2D eigenvalue weighted by Gasteiger charge is 2.14. The minimum absolute atomic E-state index is 0.0483. The van der Waals surface area contributed by atoms with E-state index in [0.29, 0.717) is 23.3 Å². The van der Waals surface area contributed by atoms with Crippen LogP contribution >= 0.6 is 0 Å². The van der Waals surface area contributed by atoms with Crippen molar-refractivity contribution in [2.75, 3.05) is 6.61 Å². The van der Waals surface area contributed by atoms with Gasteiger partial charge in [0.25, 0.3) is 0 Å². The molecule has 176 valence electrons. The first-order valence-electron chi connectivity index (χ1n) is 10.2. The highest BCUT2D eigenvalue weighted by Crippen LogP contribution is 2.27. The van der Waals surface area contributed by atoms with Crippen LogP contribution < -0.4 is 0 Å². The standard InChI is InChI=1S/C26H33F3O.C2H4/c1-11-21(8)30-15-20(7)22(9)24(27)14-19(6)17(4)12-13-18(5)23(10)26(29)25(28)16(2)3;1-2/h12-14,20-21H,2,4-6,9-11,15H2,1,3,7-8H3;1-2H2/b13-12-,24-14+,26-25-;. The molecule has 0 N–H and O–H groups in total. The molecule has 0 amide bonds. The van der Waals surface area contributed by atoms with Crippen LogP contribution in [0, 0.1) is 5.92 Å². The molecular weight excluding hydrogens is 409 g/mol. The lowest BCUT2D eigenvalue weighted by molar-refractivity contribution is 0.0486. The third-order valence-electron chi connectivity index (χ3n) is 4.53. The largest absolute Gasteiger partial charge is 0.378 e. The van der Waals surface area contributed by atoms with Gasteiger partial charge in [0.05, 0.1) is 12.7 Å². The van der Waals surface area contributed by atoms with Crippen molar-refractivity contribution in [3.8, 4) is 0 Å². The van der Waals surface area contributed by atoms with Gasteiger partial charge in [0.2, 0.25) is 0 Å². The molecule has 0 aromatic carbocycles. The van der Waals surface area contributed by atoms with Crippen LogP contribution in [0.1, 0.15) is 34.1 Å². The minimum atomic E-state index is -1.13. The predicted octanol–water partition coefficient (Wildman–Crippen LogP) is 9.16. The summed E-state index contributed by atoms with van der Waals surface area (Å²) in [4.78, 5) is 0. The minimum Gasteiger partial charge on any atom is -0.378 e. The molecule has 0 radical (unpaired) electrons. The topological polar surface area (TPSA) is 9.23 Å². The van der Waals surface area contributed by atoms with Gasteiger partial charge in [-0.15, -0.1) is 13.2 Å². The smallest absolute Gasteiger partial charge is 0.166 e. The first-order chi connectivity index (χ1) is 14.8. The van der Waals surface area contributed by atoms with Crippen LogP contribution in [0.4, 0.5) is 13.2 Å². The molecule has 0 aromatic rings. The van der Waals surface area contributed by atoms with Gasteiger partial charge < -0.3 is 4.74 Å². The predicted molar refractivity (Wildman–Crippen MR) is 134 cm³/mol. The van der Waals surface area contributed by atoms with Gasteiger partial charge in [0.1, 0.15) is 5.83 Å². The summed E-state index contributed by atoms with van der Waals surface area (Å²) in [6, 6.07) is 0. The van der Waals surface area contributed by atoms with Gasteiger partial charge in [-0.1, -0.05) is 65.5 Å². The average Bonchev–Trinajstić information content (AvgIpc) is 2.79. The zero-order valence-corrected chi connectivity index (χ0v) is 20.0. The van der Waals surface area contributed by atoms with Crippen LogP contribution in [-0.4, -0.2) is 12.7 Å². The molecule has 0 rings (SSSR count). The zero-order chi connectivity index (χ0) is 25.6. The molecule has 0 aliphatic rings. The molecule has 0 saturated heterocycles. The Kier molecular flexibility index (Phi) is 15.5. The SMILES string of the molecule is C=C.C=C(/C=C\C(=C)C(=C)/C(F)=C(/F)C(=C)C)C(=C)/C=C(/F)C(=C)C(C)COC(C)CC. The van der Waals surface area contributed by atoms with Crippen LogP contribution in [0.25, 0.3) is 0 Å². The fraction of sp³-hybridized carbons (Fsp3) is 0.286. The van der Waals surface area contributed by atoms with E-state index in [9.17, 15) is 13.2 Å². The lowest BCUT2D eigenvalue weighted by atomic mass is 9.99. The Morgan fingerprint density at radius 3 is 1.81 bits per heavy atom. The molecule has 32 heavy (non-hydrogen) atoms. The maximum atomic E-state index is 14.5. The first-order valence-corrected chi connectivity index (χ1v) is 10.2. The van der Waals surface area contributed by atoms with Crippen molar-refractivity contribution in [1.29, 1.82) is 0 Å². The van der Waals surface area contributed by atoms with Crippen molar-refractivity contribution in [3.63, 3.8) is 0 Å². The molecule has 1 nitrogen and oxygen atoms in total. The second kappa shape index (κ2) is 15.9. The highest BCUT2D eigenvalue weighted by atomic mass is 19.2. The Hall–Kier alpha value is -2.85. The summed E-state index contributed by atoms with van der Waals surface area (Å²) in [7, 11) is 0. The molecule has 0 aromatic heterocycles. The van der Waals surface area contributed by atoms with Gasteiger partial charge in [0.15, 0.2) is 11.7 Å². The van der Waals surface area contributed by atoms with E-state index in [1.165, 1.54) is 25.2 Å². The number of halogens is 3. The highest BCUT2D eigenvalue weighted by molar-refractivity contribution is 5.53. The van der Waals surface area contributed by atoms with Gasteiger partial charge in [-0.3, -0.25) is 0 Å². The summed E-state index contributed by atoms with van der Waals surface area (Å²) in [5.41, 5.74) is 0.866. The second-order valence-corrected chi connectivity index (χ2v) is 7.27. The third-order valence-corrected chi connectivity index (χ3v) is 4.53. The molecule has 0 aliphatic heterocycles. The Balaban J connectivity index is 0. The molecule has 0 aliphatic carbocycles. The summed E-state index contributed by atoms with van der Waals surface area (Å²) < 4.78 is 47.7. The Morgan fingerprint density at radius 2 is 1.34 bits per heavy atom. The molecule has 2 atom stereocenters. The summed E-state index contributed by atoms with van der Waals surface area (Å²) in [5.74, 6) is -2.92. The molecule has 0 bridgehead atoms. The van der Waals surface area contributed by atoms with E-state index in [-0.39, 0.29) is 28.7 Å². The maximum Gasteiger partial charge on any atom is 0.166 e. The van der Waals surface area contributed by atoms with Crippen molar-refractivity contribution in [2.45, 2.75) is 40.2 Å². The zero-order valence-electron chi connectivity index (χ0n) is 20.0. The molecule has 0 spiro atoms. The number of ether oxygens (including phenoxy) is 1. The van der Waals surface area contributed by atoms with Crippen molar-refractivity contribution in [1.82, 2.24) is 0 Å². The van der Waals surface area contributed by atoms with Crippen LogP contribution in [0.2, 0.25) is 0 Å². The van der Waals surface area contributed by atoms with E-state index in [4.69, 9.17) is 4.74 Å². The van der Waals surface area contributed by atoms with Gasteiger partial charge in [-0.25, -0.2) is 13.2 Å². The molecule has 4 heteroatoms. The van der Waals surface area contributed by atoms with E-state index in [1.54, 1.807) is 0 Å². The van der Waals surface area contributed by atoms with Crippen LogP contribution in [0.5, 0.6) is 0 Å². The Morgan fingerprint density at radius 1 is 0.844 bits per heavy atom.